The minimum absolute atomic E-state index is 0.200. The summed E-state index contributed by atoms with van der Waals surface area (Å²) >= 11 is 3.27. The Labute approximate surface area is 108 Å². The fourth-order valence-corrected chi connectivity index (χ4v) is 1.80. The smallest absolute Gasteiger partial charge is 0.303 e. The molecule has 0 saturated heterocycles. The molecule has 0 atom stereocenters. The van der Waals surface area contributed by atoms with Crippen LogP contribution in [0.25, 0.3) is 0 Å². The quantitative estimate of drug-likeness (QED) is 0.756. The van der Waals surface area contributed by atoms with Gasteiger partial charge < -0.3 is 10.4 Å². The van der Waals surface area contributed by atoms with Gasteiger partial charge in [0.05, 0.1) is 5.69 Å². The molecule has 1 aromatic carbocycles. The van der Waals surface area contributed by atoms with E-state index in [1.165, 1.54) is 6.07 Å². The SMILES string of the molecule is O=C(O)CCCCCNc1cc(Br)ccc1F. The fraction of sp³-hybridized carbons (Fsp3) is 0.417. The summed E-state index contributed by atoms with van der Waals surface area (Å²) in [6, 6.07) is 4.73. The molecular formula is C12H15BrFNO2. The molecule has 0 fully saturated rings. The van der Waals surface area contributed by atoms with Crippen molar-refractivity contribution < 1.29 is 14.3 Å². The molecule has 0 aliphatic carbocycles. The summed E-state index contributed by atoms with van der Waals surface area (Å²) in [6.45, 7) is 0.646. The summed E-state index contributed by atoms with van der Waals surface area (Å²) in [7, 11) is 0. The van der Waals surface area contributed by atoms with E-state index in [-0.39, 0.29) is 12.2 Å². The van der Waals surface area contributed by atoms with E-state index in [0.29, 0.717) is 18.7 Å². The van der Waals surface area contributed by atoms with Crippen molar-refractivity contribution in [3.05, 3.63) is 28.5 Å². The van der Waals surface area contributed by atoms with Crippen LogP contribution in [-0.4, -0.2) is 17.6 Å². The highest BCUT2D eigenvalue weighted by Gasteiger charge is 2.01. The van der Waals surface area contributed by atoms with Crippen LogP contribution in [0.15, 0.2) is 22.7 Å². The standard InChI is InChI=1S/C12H15BrFNO2/c13-9-5-6-10(14)11(8-9)15-7-3-1-2-4-12(16)17/h5-6,8,15H,1-4,7H2,(H,16,17). The molecule has 17 heavy (non-hydrogen) atoms. The first-order valence-corrected chi connectivity index (χ1v) is 6.29. The maximum atomic E-state index is 13.3. The van der Waals surface area contributed by atoms with Crippen molar-refractivity contribution in [1.29, 1.82) is 0 Å². The first-order chi connectivity index (χ1) is 8.09. The zero-order valence-corrected chi connectivity index (χ0v) is 11.0. The Hall–Kier alpha value is -1.10. The number of nitrogens with one attached hydrogen (secondary N) is 1. The van der Waals surface area contributed by atoms with Gasteiger partial charge >= 0.3 is 5.97 Å². The van der Waals surface area contributed by atoms with Crippen LogP contribution in [-0.2, 0) is 4.79 Å². The number of anilines is 1. The summed E-state index contributed by atoms with van der Waals surface area (Å²) in [5.41, 5.74) is 0.470. The predicted molar refractivity (Wildman–Crippen MR) is 68.7 cm³/mol. The van der Waals surface area contributed by atoms with Crippen LogP contribution < -0.4 is 5.32 Å². The number of carbonyl (C=O) groups is 1. The van der Waals surface area contributed by atoms with Crippen molar-refractivity contribution in [1.82, 2.24) is 0 Å². The van der Waals surface area contributed by atoms with Crippen molar-refractivity contribution in [2.45, 2.75) is 25.7 Å². The summed E-state index contributed by atoms with van der Waals surface area (Å²) < 4.78 is 14.1. The van der Waals surface area contributed by atoms with E-state index < -0.39 is 5.97 Å². The van der Waals surface area contributed by atoms with E-state index in [1.807, 2.05) is 0 Å². The molecule has 1 rings (SSSR count). The van der Waals surface area contributed by atoms with E-state index in [0.717, 1.165) is 17.3 Å². The molecule has 0 saturated carbocycles. The van der Waals surface area contributed by atoms with Gasteiger partial charge in [0, 0.05) is 17.4 Å². The van der Waals surface area contributed by atoms with E-state index in [4.69, 9.17) is 5.11 Å². The highest BCUT2D eigenvalue weighted by atomic mass is 79.9. The van der Waals surface area contributed by atoms with Gasteiger partial charge in [-0.1, -0.05) is 22.4 Å². The Morgan fingerprint density at radius 2 is 2.12 bits per heavy atom. The van der Waals surface area contributed by atoms with Gasteiger partial charge in [0.1, 0.15) is 5.82 Å². The van der Waals surface area contributed by atoms with Crippen molar-refractivity contribution in [3.63, 3.8) is 0 Å². The molecule has 0 aromatic heterocycles. The van der Waals surface area contributed by atoms with E-state index in [1.54, 1.807) is 12.1 Å². The number of carboxylic acids is 1. The lowest BCUT2D eigenvalue weighted by Gasteiger charge is -2.07. The van der Waals surface area contributed by atoms with Gasteiger partial charge in [-0.25, -0.2) is 4.39 Å². The molecule has 0 unspecified atom stereocenters. The van der Waals surface area contributed by atoms with Crippen LogP contribution in [0.4, 0.5) is 10.1 Å². The van der Waals surface area contributed by atoms with Crippen LogP contribution in [0.2, 0.25) is 0 Å². The molecule has 3 nitrogen and oxygen atoms in total. The van der Waals surface area contributed by atoms with E-state index >= 15 is 0 Å². The van der Waals surface area contributed by atoms with Crippen LogP contribution >= 0.6 is 15.9 Å². The maximum absolute atomic E-state index is 13.3. The molecule has 0 radical (unpaired) electrons. The summed E-state index contributed by atoms with van der Waals surface area (Å²) in [4.78, 5) is 10.3. The van der Waals surface area contributed by atoms with Crippen molar-refractivity contribution in [2.75, 3.05) is 11.9 Å². The second-order valence-electron chi connectivity index (χ2n) is 3.76. The molecule has 0 heterocycles. The summed E-state index contributed by atoms with van der Waals surface area (Å²) in [5, 5.41) is 11.4. The number of hydrogen-bond acceptors (Lipinski definition) is 2. The van der Waals surface area contributed by atoms with Crippen LogP contribution in [0.1, 0.15) is 25.7 Å². The van der Waals surface area contributed by atoms with Crippen molar-refractivity contribution in [2.24, 2.45) is 0 Å². The monoisotopic (exact) mass is 303 g/mol. The number of hydrogen-bond donors (Lipinski definition) is 2. The Morgan fingerprint density at radius 1 is 1.35 bits per heavy atom. The number of carboxylic acid groups (broad SMARTS) is 1. The number of halogens is 2. The zero-order chi connectivity index (χ0) is 12.7. The van der Waals surface area contributed by atoms with Crippen LogP contribution in [0.5, 0.6) is 0 Å². The Morgan fingerprint density at radius 3 is 2.82 bits per heavy atom. The molecule has 0 aliphatic heterocycles. The Kier molecular flexibility index (Phi) is 5.97. The minimum Gasteiger partial charge on any atom is -0.481 e. The second-order valence-corrected chi connectivity index (χ2v) is 4.67. The summed E-state index contributed by atoms with van der Waals surface area (Å²) in [6.07, 6.45) is 2.53. The number of aliphatic carboxylic acids is 1. The average Bonchev–Trinajstić information content (AvgIpc) is 2.27. The maximum Gasteiger partial charge on any atom is 0.303 e. The van der Waals surface area contributed by atoms with Crippen molar-refractivity contribution >= 4 is 27.6 Å². The average molecular weight is 304 g/mol. The third kappa shape index (κ3) is 5.68. The highest BCUT2D eigenvalue weighted by Crippen LogP contribution is 2.19. The Balaban J connectivity index is 2.22. The fourth-order valence-electron chi connectivity index (χ4n) is 1.43. The lowest BCUT2D eigenvalue weighted by atomic mass is 10.2. The third-order valence-electron chi connectivity index (χ3n) is 2.31. The zero-order valence-electron chi connectivity index (χ0n) is 9.38. The lowest BCUT2D eigenvalue weighted by Crippen LogP contribution is -2.03. The molecule has 0 aliphatic rings. The topological polar surface area (TPSA) is 49.3 Å². The molecule has 1 aromatic rings. The molecule has 0 amide bonds. The predicted octanol–water partition coefficient (Wildman–Crippen LogP) is 3.65. The summed E-state index contributed by atoms with van der Waals surface area (Å²) in [5.74, 6) is -1.05. The van der Waals surface area contributed by atoms with Crippen LogP contribution in [0.3, 0.4) is 0 Å². The molecule has 0 spiro atoms. The molecule has 5 heteroatoms. The Bertz CT molecular complexity index is 385. The van der Waals surface area contributed by atoms with Crippen LogP contribution in [0, 0.1) is 5.82 Å². The third-order valence-corrected chi connectivity index (χ3v) is 2.80. The van der Waals surface area contributed by atoms with Gasteiger partial charge in [-0.3, -0.25) is 4.79 Å². The highest BCUT2D eigenvalue weighted by molar-refractivity contribution is 9.10. The minimum atomic E-state index is -0.768. The molecular weight excluding hydrogens is 289 g/mol. The largest absolute Gasteiger partial charge is 0.481 e. The molecule has 0 bridgehead atoms. The van der Waals surface area contributed by atoms with E-state index in [9.17, 15) is 9.18 Å². The number of rotatable bonds is 7. The van der Waals surface area contributed by atoms with Gasteiger partial charge in [-0.2, -0.15) is 0 Å². The van der Waals surface area contributed by atoms with Crippen molar-refractivity contribution in [3.8, 4) is 0 Å². The number of unbranched alkanes of at least 4 members (excludes halogenated alkanes) is 2. The van der Waals surface area contributed by atoms with E-state index in [2.05, 4.69) is 21.2 Å². The van der Waals surface area contributed by atoms with Gasteiger partial charge in [0.2, 0.25) is 0 Å². The first-order valence-electron chi connectivity index (χ1n) is 5.50. The molecule has 2 N–H and O–H groups in total. The first kappa shape index (κ1) is 14.0. The number of benzene rings is 1. The van der Waals surface area contributed by atoms with Gasteiger partial charge in [0.15, 0.2) is 0 Å². The van der Waals surface area contributed by atoms with Gasteiger partial charge in [-0.05, 0) is 31.0 Å². The van der Waals surface area contributed by atoms with Gasteiger partial charge in [0.25, 0.3) is 0 Å². The second kappa shape index (κ2) is 7.27. The normalized spacial score (nSPS) is 10.2. The molecule has 94 valence electrons. The lowest BCUT2D eigenvalue weighted by molar-refractivity contribution is -0.137. The van der Waals surface area contributed by atoms with Gasteiger partial charge in [-0.15, -0.1) is 0 Å².